The molecule has 0 aromatic heterocycles. The van der Waals surface area contributed by atoms with Gasteiger partial charge in [0.1, 0.15) is 0 Å². The highest BCUT2D eigenvalue weighted by atomic mass is 16.2. The Morgan fingerprint density at radius 1 is 1.67 bits per heavy atom. The van der Waals surface area contributed by atoms with Gasteiger partial charge in [-0.3, -0.25) is 9.69 Å². The van der Waals surface area contributed by atoms with E-state index in [1.165, 1.54) is 0 Å². The van der Waals surface area contributed by atoms with Crippen LogP contribution in [-0.4, -0.2) is 55.0 Å². The summed E-state index contributed by atoms with van der Waals surface area (Å²) < 4.78 is 0. The van der Waals surface area contributed by atoms with Crippen molar-refractivity contribution in [3.63, 3.8) is 0 Å². The summed E-state index contributed by atoms with van der Waals surface area (Å²) in [6.07, 6.45) is 0. The number of hydrogen-bond donors (Lipinski definition) is 1. The third-order valence-electron chi connectivity index (χ3n) is 2.34. The molecule has 1 aliphatic heterocycles. The Balaban J connectivity index is 2.49. The molecule has 1 fully saturated rings. The minimum absolute atomic E-state index is 0.196. The zero-order valence-electron chi connectivity index (χ0n) is 7.79. The monoisotopic (exact) mass is 171 g/mol. The maximum absolute atomic E-state index is 11.3. The molecule has 1 saturated heterocycles. The SMILES string of the molecule is CC1CN(C)C(=O)CN1CCN. The van der Waals surface area contributed by atoms with Crippen LogP contribution in [0.3, 0.4) is 0 Å². The third kappa shape index (κ3) is 1.95. The molecule has 0 aromatic carbocycles. The molecule has 0 saturated carbocycles. The number of carbonyl (C=O) groups is 1. The van der Waals surface area contributed by atoms with Crippen LogP contribution in [0.1, 0.15) is 6.92 Å². The largest absolute Gasteiger partial charge is 0.343 e. The van der Waals surface area contributed by atoms with Crippen molar-refractivity contribution in [1.29, 1.82) is 0 Å². The predicted molar refractivity (Wildman–Crippen MR) is 47.7 cm³/mol. The quantitative estimate of drug-likeness (QED) is 0.586. The van der Waals surface area contributed by atoms with Crippen LogP contribution in [0.25, 0.3) is 0 Å². The molecule has 4 heteroatoms. The summed E-state index contributed by atoms with van der Waals surface area (Å²) in [5.41, 5.74) is 5.44. The molecule has 4 nitrogen and oxygen atoms in total. The summed E-state index contributed by atoms with van der Waals surface area (Å²) in [5, 5.41) is 0. The summed E-state index contributed by atoms with van der Waals surface area (Å²) in [6.45, 7) is 4.91. The lowest BCUT2D eigenvalue weighted by Gasteiger charge is -2.37. The van der Waals surface area contributed by atoms with Gasteiger partial charge in [-0.15, -0.1) is 0 Å². The first-order valence-corrected chi connectivity index (χ1v) is 4.33. The van der Waals surface area contributed by atoms with Gasteiger partial charge in [-0.05, 0) is 6.92 Å². The van der Waals surface area contributed by atoms with Crippen LogP contribution >= 0.6 is 0 Å². The molecule has 0 aromatic rings. The topological polar surface area (TPSA) is 49.6 Å². The first-order valence-electron chi connectivity index (χ1n) is 4.33. The molecule has 1 unspecified atom stereocenters. The van der Waals surface area contributed by atoms with Crippen LogP contribution < -0.4 is 5.73 Å². The van der Waals surface area contributed by atoms with Gasteiger partial charge in [0.25, 0.3) is 0 Å². The zero-order valence-corrected chi connectivity index (χ0v) is 7.79. The number of nitrogens with two attached hydrogens (primary N) is 1. The van der Waals surface area contributed by atoms with Gasteiger partial charge < -0.3 is 10.6 Å². The van der Waals surface area contributed by atoms with E-state index in [9.17, 15) is 4.79 Å². The van der Waals surface area contributed by atoms with E-state index in [0.29, 0.717) is 19.1 Å². The smallest absolute Gasteiger partial charge is 0.236 e. The summed E-state index contributed by atoms with van der Waals surface area (Å²) in [5.74, 6) is 0.196. The Labute approximate surface area is 73.3 Å². The molecule has 1 aliphatic rings. The summed E-state index contributed by atoms with van der Waals surface area (Å²) in [4.78, 5) is 15.2. The number of amides is 1. The average molecular weight is 171 g/mol. The van der Waals surface area contributed by atoms with Crippen molar-refractivity contribution in [2.75, 3.05) is 33.2 Å². The van der Waals surface area contributed by atoms with Crippen molar-refractivity contribution in [2.45, 2.75) is 13.0 Å². The van der Waals surface area contributed by atoms with E-state index in [1.54, 1.807) is 4.90 Å². The van der Waals surface area contributed by atoms with Crippen LogP contribution in [0.2, 0.25) is 0 Å². The molecule has 1 amide bonds. The molecule has 12 heavy (non-hydrogen) atoms. The number of likely N-dealkylation sites (N-methyl/N-ethyl adjacent to an activating group) is 1. The fourth-order valence-electron chi connectivity index (χ4n) is 1.53. The van der Waals surface area contributed by atoms with Crippen molar-refractivity contribution < 1.29 is 4.79 Å². The molecule has 0 aliphatic carbocycles. The number of hydrogen-bond acceptors (Lipinski definition) is 3. The molecule has 0 radical (unpaired) electrons. The molecule has 0 spiro atoms. The van der Waals surface area contributed by atoms with Gasteiger partial charge in [-0.1, -0.05) is 0 Å². The van der Waals surface area contributed by atoms with Crippen molar-refractivity contribution in [3.05, 3.63) is 0 Å². The second kappa shape index (κ2) is 3.87. The first-order chi connectivity index (χ1) is 5.65. The van der Waals surface area contributed by atoms with Crippen LogP contribution in [0.15, 0.2) is 0 Å². The van der Waals surface area contributed by atoms with Gasteiger partial charge in [-0.2, -0.15) is 0 Å². The normalized spacial score (nSPS) is 26.4. The van der Waals surface area contributed by atoms with Crippen molar-refractivity contribution in [2.24, 2.45) is 5.73 Å². The summed E-state index contributed by atoms with van der Waals surface area (Å²) in [7, 11) is 1.85. The Morgan fingerprint density at radius 2 is 2.33 bits per heavy atom. The Morgan fingerprint density at radius 3 is 2.92 bits per heavy atom. The fraction of sp³-hybridized carbons (Fsp3) is 0.875. The van der Waals surface area contributed by atoms with Crippen LogP contribution in [0, 0.1) is 0 Å². The lowest BCUT2D eigenvalue weighted by molar-refractivity contribution is -0.136. The lowest BCUT2D eigenvalue weighted by Crippen LogP contribution is -2.54. The van der Waals surface area contributed by atoms with Crippen molar-refractivity contribution in [1.82, 2.24) is 9.80 Å². The van der Waals surface area contributed by atoms with Crippen LogP contribution in [0.5, 0.6) is 0 Å². The van der Waals surface area contributed by atoms with Crippen LogP contribution in [-0.2, 0) is 4.79 Å². The van der Waals surface area contributed by atoms with Gasteiger partial charge in [0.15, 0.2) is 0 Å². The third-order valence-corrected chi connectivity index (χ3v) is 2.34. The van der Waals surface area contributed by atoms with E-state index in [4.69, 9.17) is 5.73 Å². The predicted octanol–water partition coefficient (Wildman–Crippen LogP) is -0.892. The van der Waals surface area contributed by atoms with Crippen molar-refractivity contribution in [3.8, 4) is 0 Å². The Hall–Kier alpha value is -0.610. The van der Waals surface area contributed by atoms with Gasteiger partial charge in [0, 0.05) is 32.7 Å². The summed E-state index contributed by atoms with van der Waals surface area (Å²) >= 11 is 0. The molecule has 1 heterocycles. The molecular formula is C8H17N3O. The van der Waals surface area contributed by atoms with E-state index in [0.717, 1.165) is 13.1 Å². The van der Waals surface area contributed by atoms with E-state index in [2.05, 4.69) is 11.8 Å². The number of nitrogens with zero attached hydrogens (tertiary/aromatic N) is 2. The van der Waals surface area contributed by atoms with Crippen molar-refractivity contribution >= 4 is 5.91 Å². The van der Waals surface area contributed by atoms with E-state index >= 15 is 0 Å². The maximum Gasteiger partial charge on any atom is 0.236 e. The summed E-state index contributed by atoms with van der Waals surface area (Å²) in [6, 6.07) is 0.441. The maximum atomic E-state index is 11.3. The highest BCUT2D eigenvalue weighted by Gasteiger charge is 2.25. The second-order valence-corrected chi connectivity index (χ2v) is 3.38. The lowest BCUT2D eigenvalue weighted by atomic mass is 10.2. The minimum Gasteiger partial charge on any atom is -0.343 e. The number of carbonyl (C=O) groups excluding carboxylic acids is 1. The standard InChI is InChI=1S/C8H17N3O/c1-7-5-10(2)8(12)6-11(7)4-3-9/h7H,3-6,9H2,1-2H3. The van der Waals surface area contributed by atoms with Gasteiger partial charge in [0.2, 0.25) is 5.91 Å². The first kappa shape index (κ1) is 9.48. The molecule has 70 valence electrons. The number of piperazine rings is 1. The molecule has 1 atom stereocenters. The van der Waals surface area contributed by atoms with Gasteiger partial charge in [0.05, 0.1) is 6.54 Å². The Kier molecular flexibility index (Phi) is 3.05. The molecule has 2 N–H and O–H groups in total. The van der Waals surface area contributed by atoms with Crippen LogP contribution in [0.4, 0.5) is 0 Å². The van der Waals surface area contributed by atoms with E-state index < -0.39 is 0 Å². The van der Waals surface area contributed by atoms with Gasteiger partial charge >= 0.3 is 0 Å². The highest BCUT2D eigenvalue weighted by Crippen LogP contribution is 2.07. The van der Waals surface area contributed by atoms with E-state index in [1.807, 2.05) is 7.05 Å². The molecular weight excluding hydrogens is 154 g/mol. The highest BCUT2D eigenvalue weighted by molar-refractivity contribution is 5.78. The number of rotatable bonds is 2. The molecule has 0 bridgehead atoms. The minimum atomic E-state index is 0.196. The Bertz CT molecular complexity index is 172. The van der Waals surface area contributed by atoms with E-state index in [-0.39, 0.29) is 5.91 Å². The molecule has 1 rings (SSSR count). The van der Waals surface area contributed by atoms with Gasteiger partial charge in [-0.25, -0.2) is 0 Å². The zero-order chi connectivity index (χ0) is 9.14. The fourth-order valence-corrected chi connectivity index (χ4v) is 1.53. The second-order valence-electron chi connectivity index (χ2n) is 3.38. The average Bonchev–Trinajstić information content (AvgIpc) is 2.01.